The fraction of sp³-hybridized carbons (Fsp3) is 0.300. The molecule has 0 aliphatic carbocycles. The molecule has 1 fully saturated rings. The summed E-state index contributed by atoms with van der Waals surface area (Å²) in [6.07, 6.45) is 6.96. The number of hydrogen-bond acceptors (Lipinski definition) is 7. The van der Waals surface area contributed by atoms with Crippen molar-refractivity contribution in [2.75, 3.05) is 23.8 Å². The molecule has 4 rings (SSSR count). The first-order chi connectivity index (χ1) is 14.3. The number of hydrogen-bond donors (Lipinski definition) is 3. The summed E-state index contributed by atoms with van der Waals surface area (Å²) in [4.78, 5) is 25.1. The van der Waals surface area contributed by atoms with Crippen LogP contribution in [0.15, 0.2) is 48.1 Å². The van der Waals surface area contributed by atoms with Crippen LogP contribution in [0.25, 0.3) is 10.6 Å². The number of rotatable bonds is 6. The Morgan fingerprint density at radius 2 is 2.00 bits per heavy atom. The number of urea groups is 1. The third-order valence-electron chi connectivity index (χ3n) is 4.48. The van der Waals surface area contributed by atoms with Crippen molar-refractivity contribution >= 4 is 29.0 Å². The van der Waals surface area contributed by atoms with Crippen molar-refractivity contribution in [2.45, 2.75) is 25.3 Å². The summed E-state index contributed by atoms with van der Waals surface area (Å²) in [5.74, 6) is 1.39. The predicted octanol–water partition coefficient (Wildman–Crippen LogP) is 3.77. The van der Waals surface area contributed by atoms with Gasteiger partial charge in [0.05, 0.1) is 0 Å². The lowest BCUT2D eigenvalue weighted by Gasteiger charge is -2.23. The molecule has 0 spiro atoms. The average molecular weight is 411 g/mol. The number of amides is 2. The lowest BCUT2D eigenvalue weighted by Crippen LogP contribution is -2.38. The highest BCUT2D eigenvalue weighted by Gasteiger charge is 2.14. The van der Waals surface area contributed by atoms with Gasteiger partial charge < -0.3 is 10.1 Å². The second-order valence-corrected chi connectivity index (χ2v) is 7.53. The molecule has 1 aliphatic heterocycles. The predicted molar refractivity (Wildman–Crippen MR) is 113 cm³/mol. The van der Waals surface area contributed by atoms with Crippen LogP contribution in [0.1, 0.15) is 19.3 Å². The number of aromatic nitrogens is 3. The highest BCUT2D eigenvalue weighted by Crippen LogP contribution is 2.25. The van der Waals surface area contributed by atoms with E-state index in [1.807, 2.05) is 12.1 Å². The summed E-state index contributed by atoms with van der Waals surface area (Å²) < 4.78 is 5.78. The molecule has 0 saturated carbocycles. The first-order valence-corrected chi connectivity index (χ1v) is 10.4. The van der Waals surface area contributed by atoms with Gasteiger partial charge in [-0.2, -0.15) is 4.98 Å². The Kier molecular flexibility index (Phi) is 6.28. The molecule has 1 aliphatic rings. The van der Waals surface area contributed by atoms with Gasteiger partial charge in [-0.25, -0.2) is 9.78 Å². The highest BCUT2D eigenvalue weighted by molar-refractivity contribution is 7.13. The molecule has 0 aromatic carbocycles. The lowest BCUT2D eigenvalue weighted by atomic mass is 10.1. The van der Waals surface area contributed by atoms with Crippen molar-refractivity contribution in [3.63, 3.8) is 0 Å². The van der Waals surface area contributed by atoms with Crippen LogP contribution < -0.4 is 20.7 Å². The number of carbonyl (C=O) groups excluding carboxylic acids is 1. The van der Waals surface area contributed by atoms with Crippen LogP contribution >= 0.6 is 11.3 Å². The molecule has 3 aromatic heterocycles. The van der Waals surface area contributed by atoms with Gasteiger partial charge in [-0.1, -0.05) is 12.5 Å². The maximum absolute atomic E-state index is 12.3. The minimum absolute atomic E-state index is 0.352. The molecule has 9 heteroatoms. The molecule has 29 heavy (non-hydrogen) atoms. The number of nitrogens with one attached hydrogen (secondary N) is 3. The molecule has 1 atom stereocenters. The Morgan fingerprint density at radius 3 is 2.83 bits per heavy atom. The molecule has 3 N–H and O–H groups in total. The van der Waals surface area contributed by atoms with Crippen molar-refractivity contribution in [1.29, 1.82) is 0 Å². The number of anilines is 2. The van der Waals surface area contributed by atoms with Crippen molar-refractivity contribution in [2.24, 2.45) is 0 Å². The zero-order valence-corrected chi connectivity index (χ0v) is 16.6. The maximum atomic E-state index is 12.3. The first-order valence-electron chi connectivity index (χ1n) is 9.53. The summed E-state index contributed by atoms with van der Waals surface area (Å²) in [6.45, 7) is 1.60. The third-order valence-corrected chi connectivity index (χ3v) is 5.37. The van der Waals surface area contributed by atoms with Gasteiger partial charge in [0.25, 0.3) is 0 Å². The molecule has 150 valence electrons. The summed E-state index contributed by atoms with van der Waals surface area (Å²) in [5.41, 5.74) is 0.956. The van der Waals surface area contributed by atoms with Crippen molar-refractivity contribution in [3.8, 4) is 16.5 Å². The van der Waals surface area contributed by atoms with Crippen LogP contribution in [0.3, 0.4) is 0 Å². The Hall–Kier alpha value is -3.04. The Labute approximate surface area is 172 Å². The minimum Gasteiger partial charge on any atom is -0.476 e. The molecular weight excluding hydrogens is 388 g/mol. The van der Waals surface area contributed by atoms with E-state index in [0.717, 1.165) is 23.5 Å². The fourth-order valence-corrected chi connectivity index (χ4v) is 3.80. The monoisotopic (exact) mass is 410 g/mol. The van der Waals surface area contributed by atoms with Crippen LogP contribution in [0.4, 0.5) is 16.4 Å². The SMILES string of the molecule is O=C(Nc1cccc(OCC2CCCCN2)n1)Nc1csc(-c2ccncc2)n1. The Bertz CT molecular complexity index is 943. The molecule has 8 nitrogen and oxygen atoms in total. The van der Waals surface area contributed by atoms with Crippen molar-refractivity contribution < 1.29 is 9.53 Å². The number of nitrogens with zero attached hydrogens (tertiary/aromatic N) is 3. The van der Waals surface area contributed by atoms with Crippen molar-refractivity contribution in [1.82, 2.24) is 20.3 Å². The number of ether oxygens (including phenoxy) is 1. The van der Waals surface area contributed by atoms with Gasteiger partial charge in [-0.05, 0) is 37.6 Å². The van der Waals surface area contributed by atoms with Crippen LogP contribution in [0, 0.1) is 0 Å². The zero-order valence-electron chi connectivity index (χ0n) is 15.8. The smallest absolute Gasteiger partial charge is 0.326 e. The van der Waals surface area contributed by atoms with Gasteiger partial charge in [-0.3, -0.25) is 15.6 Å². The van der Waals surface area contributed by atoms with E-state index in [9.17, 15) is 4.79 Å². The molecule has 1 saturated heterocycles. The van der Waals surface area contributed by atoms with Gasteiger partial charge in [0.1, 0.15) is 23.3 Å². The maximum Gasteiger partial charge on any atom is 0.326 e. The van der Waals surface area contributed by atoms with Crippen LogP contribution in [0.5, 0.6) is 5.88 Å². The molecule has 4 heterocycles. The largest absolute Gasteiger partial charge is 0.476 e. The van der Waals surface area contributed by atoms with Gasteiger partial charge >= 0.3 is 6.03 Å². The lowest BCUT2D eigenvalue weighted by molar-refractivity contribution is 0.232. The summed E-state index contributed by atoms with van der Waals surface area (Å²) in [6, 6.07) is 9.00. The van der Waals surface area contributed by atoms with E-state index in [4.69, 9.17) is 4.74 Å². The van der Waals surface area contributed by atoms with Gasteiger partial charge in [0, 0.05) is 35.4 Å². The summed E-state index contributed by atoms with van der Waals surface area (Å²) in [7, 11) is 0. The van der Waals surface area contributed by atoms with Gasteiger partial charge in [0.15, 0.2) is 0 Å². The molecule has 2 amide bonds. The van der Waals surface area contributed by atoms with Crippen molar-refractivity contribution in [3.05, 3.63) is 48.1 Å². The number of thiazole rings is 1. The standard InChI is InChI=1S/C20H22N6O2S/c27-20(26-17-13-29-19(24-17)14-7-10-21-11-8-14)25-16-5-3-6-18(23-16)28-12-15-4-1-2-9-22-15/h3,5-8,10-11,13,15,22H,1-2,4,9,12H2,(H2,23,25,26,27). The molecule has 1 unspecified atom stereocenters. The first kappa shape index (κ1) is 19.3. The molecule has 0 radical (unpaired) electrons. The second kappa shape index (κ2) is 9.44. The van der Waals surface area contributed by atoms with E-state index in [0.29, 0.717) is 30.2 Å². The second-order valence-electron chi connectivity index (χ2n) is 6.67. The third kappa shape index (κ3) is 5.49. The van der Waals surface area contributed by atoms with E-state index in [1.54, 1.807) is 36.0 Å². The number of carbonyl (C=O) groups is 1. The van der Waals surface area contributed by atoms with E-state index in [-0.39, 0.29) is 0 Å². The Morgan fingerprint density at radius 1 is 1.14 bits per heavy atom. The zero-order chi connectivity index (χ0) is 19.9. The summed E-state index contributed by atoms with van der Waals surface area (Å²) >= 11 is 1.45. The number of pyridine rings is 2. The van der Waals surface area contributed by atoms with E-state index < -0.39 is 6.03 Å². The number of piperidine rings is 1. The molecular formula is C20H22N6O2S. The Balaban J connectivity index is 1.31. The fourth-order valence-electron chi connectivity index (χ4n) is 3.04. The van der Waals surface area contributed by atoms with E-state index in [1.165, 1.54) is 24.2 Å². The quantitative estimate of drug-likeness (QED) is 0.572. The topological polar surface area (TPSA) is 101 Å². The van der Waals surface area contributed by atoms with E-state index >= 15 is 0 Å². The minimum atomic E-state index is -0.407. The highest BCUT2D eigenvalue weighted by atomic mass is 32.1. The van der Waals surface area contributed by atoms with Crippen LogP contribution in [-0.2, 0) is 0 Å². The van der Waals surface area contributed by atoms with Gasteiger partial charge in [-0.15, -0.1) is 11.3 Å². The van der Waals surface area contributed by atoms with E-state index in [2.05, 4.69) is 30.9 Å². The van der Waals surface area contributed by atoms with Crippen LogP contribution in [-0.4, -0.2) is 40.2 Å². The molecule has 0 bridgehead atoms. The average Bonchev–Trinajstić information content (AvgIpc) is 3.22. The molecule has 3 aromatic rings. The van der Waals surface area contributed by atoms with Crippen LogP contribution in [0.2, 0.25) is 0 Å². The normalized spacial score (nSPS) is 16.2. The summed E-state index contributed by atoms with van der Waals surface area (Å²) in [5, 5.41) is 11.5. The van der Waals surface area contributed by atoms with Gasteiger partial charge in [0.2, 0.25) is 5.88 Å².